The van der Waals surface area contributed by atoms with Crippen molar-refractivity contribution in [3.8, 4) is 5.75 Å². The molecule has 0 bridgehead atoms. The maximum atomic E-state index is 5.66. The van der Waals surface area contributed by atoms with E-state index in [2.05, 4.69) is 13.0 Å². The molecule has 0 aliphatic heterocycles. The van der Waals surface area contributed by atoms with E-state index in [1.165, 1.54) is 5.56 Å². The van der Waals surface area contributed by atoms with Crippen molar-refractivity contribution in [2.24, 2.45) is 5.73 Å². The zero-order valence-electron chi connectivity index (χ0n) is 9.98. The summed E-state index contributed by atoms with van der Waals surface area (Å²) in [5.74, 6) is 2.45. The molecule has 17 heavy (non-hydrogen) atoms. The van der Waals surface area contributed by atoms with Crippen LogP contribution in [0.4, 0.5) is 0 Å². The van der Waals surface area contributed by atoms with Gasteiger partial charge in [-0.05, 0) is 36.2 Å². The first kappa shape index (κ1) is 11.7. The van der Waals surface area contributed by atoms with Crippen LogP contribution in [0.1, 0.15) is 24.0 Å². The van der Waals surface area contributed by atoms with Gasteiger partial charge in [0.05, 0.1) is 6.54 Å². The van der Waals surface area contributed by atoms with E-state index in [1.54, 1.807) is 0 Å². The third-order valence-electron chi connectivity index (χ3n) is 2.61. The van der Waals surface area contributed by atoms with Crippen molar-refractivity contribution >= 4 is 0 Å². The summed E-state index contributed by atoms with van der Waals surface area (Å²) in [6.07, 6.45) is 1.01. The highest BCUT2D eigenvalue weighted by atomic mass is 16.5. The van der Waals surface area contributed by atoms with Gasteiger partial charge < -0.3 is 14.9 Å². The Kier molecular flexibility index (Phi) is 3.83. The molecule has 3 heteroatoms. The van der Waals surface area contributed by atoms with Crippen LogP contribution in [0.15, 0.2) is 40.8 Å². The van der Waals surface area contributed by atoms with Gasteiger partial charge in [-0.15, -0.1) is 0 Å². The average molecular weight is 231 g/mol. The van der Waals surface area contributed by atoms with Crippen molar-refractivity contribution in [3.05, 3.63) is 53.5 Å². The summed E-state index contributed by atoms with van der Waals surface area (Å²) in [5.41, 5.74) is 6.74. The van der Waals surface area contributed by atoms with E-state index < -0.39 is 0 Å². The number of hydrogen-bond acceptors (Lipinski definition) is 3. The molecule has 0 amide bonds. The highest BCUT2D eigenvalue weighted by Crippen LogP contribution is 2.16. The topological polar surface area (TPSA) is 48.4 Å². The largest absolute Gasteiger partial charge is 0.486 e. The van der Waals surface area contributed by atoms with Gasteiger partial charge in [-0.1, -0.05) is 19.1 Å². The summed E-state index contributed by atoms with van der Waals surface area (Å²) in [6.45, 7) is 2.98. The number of benzene rings is 1. The van der Waals surface area contributed by atoms with Crippen LogP contribution in [0.3, 0.4) is 0 Å². The minimum atomic E-state index is 0.422. The van der Waals surface area contributed by atoms with Crippen LogP contribution in [0.2, 0.25) is 0 Å². The number of rotatable bonds is 5. The Morgan fingerprint density at radius 1 is 1.18 bits per heavy atom. The van der Waals surface area contributed by atoms with Crippen molar-refractivity contribution < 1.29 is 9.15 Å². The van der Waals surface area contributed by atoms with E-state index in [0.29, 0.717) is 13.2 Å². The normalized spacial score (nSPS) is 10.5. The zero-order valence-corrected chi connectivity index (χ0v) is 9.98. The van der Waals surface area contributed by atoms with E-state index in [4.69, 9.17) is 14.9 Å². The third-order valence-corrected chi connectivity index (χ3v) is 2.61. The summed E-state index contributed by atoms with van der Waals surface area (Å²) in [5, 5.41) is 0. The molecule has 0 saturated carbocycles. The summed E-state index contributed by atoms with van der Waals surface area (Å²) in [4.78, 5) is 0. The van der Waals surface area contributed by atoms with Gasteiger partial charge in [0.25, 0.3) is 0 Å². The first-order valence-electron chi connectivity index (χ1n) is 5.81. The van der Waals surface area contributed by atoms with Gasteiger partial charge in [0.15, 0.2) is 0 Å². The molecule has 2 rings (SSSR count). The maximum absolute atomic E-state index is 5.66. The Hall–Kier alpha value is -1.74. The lowest BCUT2D eigenvalue weighted by Gasteiger charge is -2.05. The molecular formula is C14H17NO2. The van der Waals surface area contributed by atoms with Crippen molar-refractivity contribution in [1.82, 2.24) is 0 Å². The Labute approximate surface area is 101 Å². The minimum absolute atomic E-state index is 0.422. The van der Waals surface area contributed by atoms with Crippen LogP contribution in [0.25, 0.3) is 0 Å². The Morgan fingerprint density at radius 3 is 2.71 bits per heavy atom. The van der Waals surface area contributed by atoms with Crippen LogP contribution in [-0.4, -0.2) is 0 Å². The van der Waals surface area contributed by atoms with Gasteiger partial charge in [0.1, 0.15) is 23.9 Å². The summed E-state index contributed by atoms with van der Waals surface area (Å²) >= 11 is 0. The smallest absolute Gasteiger partial charge is 0.146 e. The van der Waals surface area contributed by atoms with E-state index in [9.17, 15) is 0 Å². The van der Waals surface area contributed by atoms with Crippen LogP contribution < -0.4 is 10.5 Å². The van der Waals surface area contributed by atoms with E-state index in [-0.39, 0.29) is 0 Å². The Morgan fingerprint density at radius 2 is 2.00 bits per heavy atom. The number of hydrogen-bond donors (Lipinski definition) is 1. The van der Waals surface area contributed by atoms with Crippen LogP contribution in [-0.2, 0) is 19.6 Å². The fourth-order valence-corrected chi connectivity index (χ4v) is 1.62. The van der Waals surface area contributed by atoms with Gasteiger partial charge in [-0.3, -0.25) is 0 Å². The number of ether oxygens (including phenoxy) is 1. The molecule has 0 aliphatic rings. The lowest BCUT2D eigenvalue weighted by atomic mass is 10.2. The molecule has 3 nitrogen and oxygen atoms in total. The maximum Gasteiger partial charge on any atom is 0.146 e. The van der Waals surface area contributed by atoms with Gasteiger partial charge in [0, 0.05) is 0 Å². The summed E-state index contributed by atoms with van der Waals surface area (Å²) in [6, 6.07) is 11.9. The Balaban J connectivity index is 1.96. The quantitative estimate of drug-likeness (QED) is 0.860. The minimum Gasteiger partial charge on any atom is -0.486 e. The molecule has 0 radical (unpaired) electrons. The van der Waals surface area contributed by atoms with Gasteiger partial charge >= 0.3 is 0 Å². The molecule has 0 spiro atoms. The molecule has 1 aromatic heterocycles. The third kappa shape index (κ3) is 3.11. The molecular weight excluding hydrogens is 214 g/mol. The number of furan rings is 1. The molecule has 2 aromatic rings. The molecule has 1 aromatic carbocycles. The van der Waals surface area contributed by atoms with Crippen LogP contribution in [0, 0.1) is 0 Å². The molecule has 0 fully saturated rings. The van der Waals surface area contributed by atoms with Crippen LogP contribution >= 0.6 is 0 Å². The molecule has 0 saturated heterocycles. The fraction of sp³-hybridized carbons (Fsp3) is 0.286. The van der Waals surface area contributed by atoms with Gasteiger partial charge in [-0.25, -0.2) is 0 Å². The second-order valence-corrected chi connectivity index (χ2v) is 3.86. The predicted molar refractivity (Wildman–Crippen MR) is 66.8 cm³/mol. The van der Waals surface area contributed by atoms with E-state index in [0.717, 1.165) is 23.7 Å². The van der Waals surface area contributed by atoms with Gasteiger partial charge in [0.2, 0.25) is 0 Å². The van der Waals surface area contributed by atoms with Gasteiger partial charge in [-0.2, -0.15) is 0 Å². The average Bonchev–Trinajstić information content (AvgIpc) is 2.84. The van der Waals surface area contributed by atoms with Crippen molar-refractivity contribution in [2.45, 2.75) is 26.5 Å². The molecule has 0 aliphatic carbocycles. The SMILES string of the molecule is CCc1cccc(OCc2ccc(CN)o2)c1. The monoisotopic (exact) mass is 231 g/mol. The predicted octanol–water partition coefficient (Wildman–Crippen LogP) is 2.88. The van der Waals surface area contributed by atoms with E-state index >= 15 is 0 Å². The Bertz CT molecular complexity index is 477. The standard InChI is InChI=1S/C14H17NO2/c1-2-11-4-3-5-12(8-11)16-10-14-7-6-13(9-15)17-14/h3-8H,2,9-10,15H2,1H3. The second-order valence-electron chi connectivity index (χ2n) is 3.86. The van der Waals surface area contributed by atoms with Crippen LogP contribution in [0.5, 0.6) is 5.75 Å². The highest BCUT2D eigenvalue weighted by molar-refractivity contribution is 5.28. The lowest BCUT2D eigenvalue weighted by molar-refractivity contribution is 0.266. The first-order chi connectivity index (χ1) is 8.31. The van der Waals surface area contributed by atoms with Crippen molar-refractivity contribution in [3.63, 3.8) is 0 Å². The molecule has 0 unspecified atom stereocenters. The van der Waals surface area contributed by atoms with Crippen molar-refractivity contribution in [1.29, 1.82) is 0 Å². The first-order valence-corrected chi connectivity index (χ1v) is 5.81. The summed E-state index contributed by atoms with van der Waals surface area (Å²) < 4.78 is 11.1. The molecule has 1 heterocycles. The second kappa shape index (κ2) is 5.55. The summed E-state index contributed by atoms with van der Waals surface area (Å²) in [7, 11) is 0. The number of aryl methyl sites for hydroxylation is 1. The molecule has 2 N–H and O–H groups in total. The highest BCUT2D eigenvalue weighted by Gasteiger charge is 2.02. The molecule has 0 atom stereocenters. The fourth-order valence-electron chi connectivity index (χ4n) is 1.62. The zero-order chi connectivity index (χ0) is 12.1. The lowest BCUT2D eigenvalue weighted by Crippen LogP contribution is -1.95. The number of nitrogens with two attached hydrogens (primary N) is 1. The molecule has 90 valence electrons. The van der Waals surface area contributed by atoms with E-state index in [1.807, 2.05) is 30.3 Å². The van der Waals surface area contributed by atoms with Crippen molar-refractivity contribution in [2.75, 3.05) is 0 Å².